The molecule has 4 nitrogen and oxygen atoms in total. The molecule has 0 saturated heterocycles. The first-order valence-electron chi connectivity index (χ1n) is 8.09. The van der Waals surface area contributed by atoms with E-state index in [1.807, 2.05) is 29.8 Å². The van der Waals surface area contributed by atoms with Gasteiger partial charge >= 0.3 is 0 Å². The molecular weight excluding hydrogens is 517 g/mol. The van der Waals surface area contributed by atoms with Crippen molar-refractivity contribution in [3.8, 4) is 0 Å². The molecule has 1 aliphatic carbocycles. The van der Waals surface area contributed by atoms with Crippen LogP contribution in [-0.2, 0) is 13.6 Å². The third kappa shape index (κ3) is 4.57. The second-order valence-corrected chi connectivity index (χ2v) is 7.31. The molecule has 0 radical (unpaired) electrons. The summed E-state index contributed by atoms with van der Waals surface area (Å²) in [6, 6.07) is 6.05. The summed E-state index contributed by atoms with van der Waals surface area (Å²) in [5.41, 5.74) is 1.30. The maximum absolute atomic E-state index is 13.9. The van der Waals surface area contributed by atoms with Gasteiger partial charge < -0.3 is 14.8 Å². The van der Waals surface area contributed by atoms with Crippen molar-refractivity contribution < 1.29 is 8.78 Å². The smallest absolute Gasteiger partial charge is 0.193 e. The van der Waals surface area contributed by atoms with E-state index in [9.17, 15) is 8.78 Å². The van der Waals surface area contributed by atoms with Gasteiger partial charge in [-0.2, -0.15) is 0 Å². The highest BCUT2D eigenvalue weighted by atomic mass is 127. The lowest BCUT2D eigenvalue weighted by molar-refractivity contribution is 0.460. The van der Waals surface area contributed by atoms with Crippen molar-refractivity contribution in [2.24, 2.45) is 12.0 Å². The minimum absolute atomic E-state index is 0. The van der Waals surface area contributed by atoms with Crippen LogP contribution in [0.4, 0.5) is 8.78 Å². The van der Waals surface area contributed by atoms with E-state index in [2.05, 4.69) is 32.3 Å². The van der Waals surface area contributed by atoms with E-state index in [0.29, 0.717) is 18.9 Å². The summed E-state index contributed by atoms with van der Waals surface area (Å²) in [5, 5.41) is 3.31. The predicted molar refractivity (Wildman–Crippen MR) is 114 cm³/mol. The molecule has 0 bridgehead atoms. The van der Waals surface area contributed by atoms with Crippen molar-refractivity contribution >= 4 is 45.9 Å². The van der Waals surface area contributed by atoms with E-state index < -0.39 is 11.6 Å². The Balaban J connectivity index is 0.00000243. The van der Waals surface area contributed by atoms with E-state index in [-0.39, 0.29) is 41.5 Å². The number of aryl methyl sites for hydroxylation is 1. The molecule has 1 aromatic heterocycles. The first-order valence-corrected chi connectivity index (χ1v) is 8.89. The Morgan fingerprint density at radius 2 is 2.04 bits per heavy atom. The van der Waals surface area contributed by atoms with Gasteiger partial charge in [0.05, 0.1) is 6.54 Å². The van der Waals surface area contributed by atoms with Crippen LogP contribution >= 0.6 is 39.9 Å². The molecule has 142 valence electrons. The number of hydrogen-bond acceptors (Lipinski definition) is 1. The zero-order chi connectivity index (χ0) is 18.1. The van der Waals surface area contributed by atoms with Crippen molar-refractivity contribution in [2.45, 2.75) is 24.9 Å². The average molecular weight is 539 g/mol. The lowest BCUT2D eigenvalue weighted by Crippen LogP contribution is -2.40. The number of benzene rings is 1. The molecule has 1 heterocycles. The van der Waals surface area contributed by atoms with Crippen LogP contribution in [0.2, 0.25) is 0 Å². The van der Waals surface area contributed by atoms with Crippen molar-refractivity contribution in [1.82, 2.24) is 14.8 Å². The van der Waals surface area contributed by atoms with E-state index in [1.54, 1.807) is 7.05 Å². The molecule has 0 amide bonds. The number of nitrogens with zero attached hydrogens (tertiary/aromatic N) is 3. The Kier molecular flexibility index (Phi) is 7.06. The van der Waals surface area contributed by atoms with Crippen LogP contribution in [0.3, 0.4) is 0 Å². The molecule has 3 rings (SSSR count). The first-order chi connectivity index (χ1) is 11.9. The number of nitrogens with one attached hydrogen (secondary N) is 1. The van der Waals surface area contributed by atoms with Crippen LogP contribution in [0.15, 0.2) is 39.9 Å². The molecule has 26 heavy (non-hydrogen) atoms. The Morgan fingerprint density at radius 1 is 1.38 bits per heavy atom. The highest BCUT2D eigenvalue weighted by molar-refractivity contribution is 14.0. The second-order valence-electron chi connectivity index (χ2n) is 6.39. The van der Waals surface area contributed by atoms with Crippen LogP contribution in [0.25, 0.3) is 0 Å². The number of aromatic nitrogens is 1. The van der Waals surface area contributed by atoms with Gasteiger partial charge in [0.1, 0.15) is 11.6 Å². The molecule has 1 N–H and O–H groups in total. The van der Waals surface area contributed by atoms with Crippen LogP contribution in [-0.4, -0.2) is 35.6 Å². The van der Waals surface area contributed by atoms with Gasteiger partial charge in [-0.3, -0.25) is 4.99 Å². The number of aliphatic imine (C=N–C) groups is 1. The van der Waals surface area contributed by atoms with Gasteiger partial charge in [0.2, 0.25) is 0 Å². The van der Waals surface area contributed by atoms with E-state index >= 15 is 0 Å². The van der Waals surface area contributed by atoms with E-state index in [1.165, 1.54) is 18.2 Å². The summed E-state index contributed by atoms with van der Waals surface area (Å²) in [7, 11) is 5.64. The van der Waals surface area contributed by atoms with Crippen molar-refractivity contribution in [3.63, 3.8) is 0 Å². The Morgan fingerprint density at radius 3 is 2.58 bits per heavy atom. The molecule has 0 spiro atoms. The van der Waals surface area contributed by atoms with Gasteiger partial charge in [-0.1, -0.05) is 6.07 Å². The van der Waals surface area contributed by atoms with Gasteiger partial charge in [-0.05, 0) is 40.5 Å². The van der Waals surface area contributed by atoms with Gasteiger partial charge in [0, 0.05) is 55.0 Å². The Labute approximate surface area is 177 Å². The van der Waals surface area contributed by atoms with E-state index in [0.717, 1.165) is 10.2 Å². The van der Waals surface area contributed by atoms with Crippen LogP contribution in [0, 0.1) is 11.6 Å². The fourth-order valence-corrected chi connectivity index (χ4v) is 3.66. The zero-order valence-electron chi connectivity index (χ0n) is 14.8. The molecule has 1 aliphatic rings. The molecule has 8 heteroatoms. The molecule has 2 unspecified atom stereocenters. The maximum Gasteiger partial charge on any atom is 0.193 e. The molecule has 1 fully saturated rings. The molecule has 1 aromatic carbocycles. The van der Waals surface area contributed by atoms with Crippen molar-refractivity contribution in [1.29, 1.82) is 0 Å². The molecule has 2 atom stereocenters. The second kappa shape index (κ2) is 8.69. The Hall–Kier alpha value is -1.16. The third-order valence-corrected chi connectivity index (χ3v) is 4.96. The molecule has 1 saturated carbocycles. The predicted octanol–water partition coefficient (Wildman–Crippen LogP) is 4.25. The third-order valence-electron chi connectivity index (χ3n) is 4.52. The zero-order valence-corrected chi connectivity index (χ0v) is 18.8. The lowest BCUT2D eigenvalue weighted by Gasteiger charge is -2.22. The largest absolute Gasteiger partial charge is 0.353 e. The maximum atomic E-state index is 13.9. The SMILES string of the molecule is CN=C(NC1CC1c1c(F)cccc1F)N(C)Cc1cc(Br)cn1C.I. The fraction of sp³-hybridized carbons (Fsp3) is 0.389. The normalized spacial score (nSPS) is 19.1. The standard InChI is InChI=1S/C18H21BrF2N4.HI/c1-22-18(25(3)10-12-7-11(19)9-24(12)2)23-16-8-13(16)17-14(20)5-4-6-15(17)21;/h4-7,9,13,16H,8,10H2,1-3H3,(H,22,23);1H. The van der Waals surface area contributed by atoms with Gasteiger partial charge in [0.15, 0.2) is 5.96 Å². The minimum Gasteiger partial charge on any atom is -0.353 e. The summed E-state index contributed by atoms with van der Waals surface area (Å²) in [5.74, 6) is -0.408. The monoisotopic (exact) mass is 538 g/mol. The van der Waals surface area contributed by atoms with Gasteiger partial charge in [0.25, 0.3) is 0 Å². The number of hydrogen-bond donors (Lipinski definition) is 1. The van der Waals surface area contributed by atoms with Crippen LogP contribution < -0.4 is 5.32 Å². The highest BCUT2D eigenvalue weighted by Crippen LogP contribution is 2.43. The van der Waals surface area contributed by atoms with E-state index in [4.69, 9.17) is 0 Å². The Bertz CT molecular complexity index is 788. The summed E-state index contributed by atoms with van der Waals surface area (Å²) >= 11 is 3.47. The number of halogens is 4. The number of guanidine groups is 1. The highest BCUT2D eigenvalue weighted by Gasteiger charge is 2.42. The van der Waals surface area contributed by atoms with Crippen LogP contribution in [0.5, 0.6) is 0 Å². The lowest BCUT2D eigenvalue weighted by atomic mass is 10.1. The fourth-order valence-electron chi connectivity index (χ4n) is 3.09. The number of rotatable bonds is 4. The molecule has 0 aliphatic heterocycles. The minimum atomic E-state index is -0.480. The average Bonchev–Trinajstić information content (AvgIpc) is 3.22. The summed E-state index contributed by atoms with van der Waals surface area (Å²) in [6.07, 6.45) is 2.69. The first kappa shape index (κ1) is 21.1. The summed E-state index contributed by atoms with van der Waals surface area (Å²) < 4.78 is 30.9. The van der Waals surface area contributed by atoms with Crippen LogP contribution in [0.1, 0.15) is 23.6 Å². The van der Waals surface area contributed by atoms with Crippen molar-refractivity contribution in [3.05, 3.63) is 57.8 Å². The van der Waals surface area contributed by atoms with Crippen molar-refractivity contribution in [2.75, 3.05) is 14.1 Å². The molecule has 2 aromatic rings. The summed E-state index contributed by atoms with van der Waals surface area (Å²) in [6.45, 7) is 0.674. The molecular formula is C18H22BrF2IN4. The van der Waals surface area contributed by atoms with Gasteiger partial charge in [-0.15, -0.1) is 24.0 Å². The summed E-state index contributed by atoms with van der Waals surface area (Å²) in [4.78, 5) is 6.29. The van der Waals surface area contributed by atoms with Gasteiger partial charge in [-0.25, -0.2) is 8.78 Å². The topological polar surface area (TPSA) is 32.6 Å². The quantitative estimate of drug-likeness (QED) is 0.359.